The first-order valence-corrected chi connectivity index (χ1v) is 6.80. The first-order valence-electron chi connectivity index (χ1n) is 6.80. The van der Waals surface area contributed by atoms with Crippen molar-refractivity contribution in [3.05, 3.63) is 0 Å². The number of nitrogens with two attached hydrogens (primary N) is 1. The summed E-state index contributed by atoms with van der Waals surface area (Å²) in [5, 5.41) is 11.5. The van der Waals surface area contributed by atoms with Crippen molar-refractivity contribution in [2.24, 2.45) is 10.9 Å². The van der Waals surface area contributed by atoms with Crippen molar-refractivity contribution in [1.29, 1.82) is 0 Å². The lowest BCUT2D eigenvalue weighted by Gasteiger charge is -2.34. The molecule has 2 aliphatic rings. The van der Waals surface area contributed by atoms with Gasteiger partial charge in [-0.05, 0) is 19.3 Å². The van der Waals surface area contributed by atoms with Gasteiger partial charge in [-0.25, -0.2) is 0 Å². The Hall–Kier alpha value is -0.850. The van der Waals surface area contributed by atoms with Crippen molar-refractivity contribution >= 4 is 5.84 Å². The number of piperazine rings is 1. The average Bonchev–Trinajstić information content (AvgIpc) is 2.91. The van der Waals surface area contributed by atoms with Gasteiger partial charge in [0.25, 0.3) is 0 Å². The number of hydrogen-bond donors (Lipinski definition) is 2. The van der Waals surface area contributed by atoms with Gasteiger partial charge in [-0.2, -0.15) is 0 Å². The average molecular weight is 256 g/mol. The summed E-state index contributed by atoms with van der Waals surface area (Å²) in [6, 6.07) is 0. The molecule has 0 radical (unpaired) electrons. The zero-order valence-electron chi connectivity index (χ0n) is 10.9. The monoisotopic (exact) mass is 256 g/mol. The summed E-state index contributed by atoms with van der Waals surface area (Å²) in [7, 11) is 0. The molecule has 2 heterocycles. The minimum Gasteiger partial charge on any atom is -0.409 e. The molecular formula is C12H24N4O2. The minimum atomic E-state index is 0.294. The van der Waals surface area contributed by atoms with E-state index in [1.54, 1.807) is 0 Å². The van der Waals surface area contributed by atoms with Crippen LogP contribution in [-0.4, -0.2) is 72.8 Å². The van der Waals surface area contributed by atoms with E-state index in [-0.39, 0.29) is 0 Å². The lowest BCUT2D eigenvalue weighted by molar-refractivity contribution is 0.0800. The predicted molar refractivity (Wildman–Crippen MR) is 69.9 cm³/mol. The highest BCUT2D eigenvalue weighted by Gasteiger charge is 2.20. The van der Waals surface area contributed by atoms with Crippen molar-refractivity contribution in [2.45, 2.75) is 25.4 Å². The third kappa shape index (κ3) is 4.12. The normalized spacial score (nSPS) is 27.8. The van der Waals surface area contributed by atoms with Crippen molar-refractivity contribution in [1.82, 2.24) is 9.80 Å². The first-order chi connectivity index (χ1) is 8.78. The first kappa shape index (κ1) is 13.6. The fourth-order valence-electron chi connectivity index (χ4n) is 2.63. The summed E-state index contributed by atoms with van der Waals surface area (Å²) in [6.45, 7) is 6.73. The van der Waals surface area contributed by atoms with E-state index in [1.165, 1.54) is 12.8 Å². The zero-order valence-corrected chi connectivity index (χ0v) is 10.9. The van der Waals surface area contributed by atoms with Crippen molar-refractivity contribution in [3.8, 4) is 0 Å². The fourth-order valence-corrected chi connectivity index (χ4v) is 2.63. The second-order valence-electron chi connectivity index (χ2n) is 5.13. The van der Waals surface area contributed by atoms with Gasteiger partial charge in [-0.1, -0.05) is 5.16 Å². The summed E-state index contributed by atoms with van der Waals surface area (Å²) in [5.41, 5.74) is 5.51. The second-order valence-corrected chi connectivity index (χ2v) is 5.13. The van der Waals surface area contributed by atoms with Gasteiger partial charge >= 0.3 is 0 Å². The maximum absolute atomic E-state index is 8.53. The van der Waals surface area contributed by atoms with Crippen molar-refractivity contribution in [3.63, 3.8) is 0 Å². The zero-order chi connectivity index (χ0) is 12.8. The lowest BCUT2D eigenvalue weighted by atomic mass is 10.1. The topological polar surface area (TPSA) is 74.3 Å². The van der Waals surface area contributed by atoms with E-state index in [4.69, 9.17) is 15.7 Å². The van der Waals surface area contributed by atoms with Gasteiger partial charge in [0, 0.05) is 39.3 Å². The molecule has 0 amide bonds. The Kier molecular flexibility index (Phi) is 5.22. The molecule has 2 saturated heterocycles. The Labute approximate surface area is 108 Å². The molecule has 1 atom stereocenters. The Morgan fingerprint density at radius 1 is 1.28 bits per heavy atom. The van der Waals surface area contributed by atoms with Crippen LogP contribution in [0.25, 0.3) is 0 Å². The SMILES string of the molecule is NC(CN1CCN(CCC2CCCO2)CC1)=NO. The van der Waals surface area contributed by atoms with Gasteiger partial charge in [0.1, 0.15) is 0 Å². The molecule has 0 aromatic heterocycles. The third-order valence-corrected chi connectivity index (χ3v) is 3.77. The summed E-state index contributed by atoms with van der Waals surface area (Å²) >= 11 is 0. The van der Waals surface area contributed by atoms with Gasteiger partial charge in [-0.15, -0.1) is 0 Å². The predicted octanol–water partition coefficient (Wildman–Crippen LogP) is -0.0805. The minimum absolute atomic E-state index is 0.294. The number of nitrogens with zero attached hydrogens (tertiary/aromatic N) is 3. The Morgan fingerprint density at radius 3 is 2.61 bits per heavy atom. The highest BCUT2D eigenvalue weighted by molar-refractivity contribution is 5.81. The molecule has 6 nitrogen and oxygen atoms in total. The van der Waals surface area contributed by atoms with E-state index in [1.807, 2.05) is 0 Å². The van der Waals surface area contributed by atoms with Crippen LogP contribution in [0.3, 0.4) is 0 Å². The van der Waals surface area contributed by atoms with E-state index in [2.05, 4.69) is 15.0 Å². The van der Waals surface area contributed by atoms with Crippen LogP contribution in [0.2, 0.25) is 0 Å². The lowest BCUT2D eigenvalue weighted by Crippen LogP contribution is -2.49. The molecule has 3 N–H and O–H groups in total. The molecule has 2 aliphatic heterocycles. The van der Waals surface area contributed by atoms with E-state index >= 15 is 0 Å². The summed E-state index contributed by atoms with van der Waals surface area (Å²) in [4.78, 5) is 4.70. The van der Waals surface area contributed by atoms with Crippen LogP contribution in [0.4, 0.5) is 0 Å². The molecular weight excluding hydrogens is 232 g/mol. The number of oxime groups is 1. The number of hydrogen-bond acceptors (Lipinski definition) is 5. The number of ether oxygens (including phenoxy) is 1. The molecule has 6 heteroatoms. The van der Waals surface area contributed by atoms with Gasteiger partial charge in [-0.3, -0.25) is 4.90 Å². The van der Waals surface area contributed by atoms with Crippen LogP contribution in [-0.2, 0) is 4.74 Å². The largest absolute Gasteiger partial charge is 0.409 e. The smallest absolute Gasteiger partial charge is 0.153 e. The quantitative estimate of drug-likeness (QED) is 0.311. The number of amidine groups is 1. The summed E-state index contributed by atoms with van der Waals surface area (Å²) in [5.74, 6) is 0.294. The van der Waals surface area contributed by atoms with E-state index in [9.17, 15) is 0 Å². The van der Waals surface area contributed by atoms with Gasteiger partial charge < -0.3 is 20.6 Å². The van der Waals surface area contributed by atoms with Crippen LogP contribution in [0.15, 0.2) is 5.16 Å². The van der Waals surface area contributed by atoms with Crippen LogP contribution >= 0.6 is 0 Å². The molecule has 0 aromatic carbocycles. The van der Waals surface area contributed by atoms with Crippen LogP contribution in [0, 0.1) is 0 Å². The second kappa shape index (κ2) is 6.92. The molecule has 18 heavy (non-hydrogen) atoms. The fraction of sp³-hybridized carbons (Fsp3) is 0.917. The molecule has 0 aromatic rings. The molecule has 1 unspecified atom stereocenters. The number of rotatable bonds is 5. The standard InChI is InChI=1S/C12H24N4O2/c13-12(14-17)10-16-7-5-15(6-8-16)4-3-11-2-1-9-18-11/h11,17H,1-10H2,(H2,13,14). The molecule has 0 spiro atoms. The molecule has 2 rings (SSSR count). The van der Waals surface area contributed by atoms with Crippen molar-refractivity contribution < 1.29 is 9.94 Å². The van der Waals surface area contributed by atoms with Crippen LogP contribution in [0.5, 0.6) is 0 Å². The maximum Gasteiger partial charge on any atom is 0.153 e. The van der Waals surface area contributed by atoms with E-state index in [0.29, 0.717) is 18.5 Å². The molecule has 2 fully saturated rings. The molecule has 104 valence electrons. The van der Waals surface area contributed by atoms with E-state index < -0.39 is 0 Å². The molecule has 0 aliphatic carbocycles. The summed E-state index contributed by atoms with van der Waals surface area (Å²) in [6.07, 6.45) is 4.09. The maximum atomic E-state index is 8.53. The highest BCUT2D eigenvalue weighted by atomic mass is 16.5. The van der Waals surface area contributed by atoms with E-state index in [0.717, 1.165) is 45.8 Å². The van der Waals surface area contributed by atoms with Gasteiger partial charge in [0.05, 0.1) is 12.6 Å². The summed E-state index contributed by atoms with van der Waals surface area (Å²) < 4.78 is 5.64. The highest BCUT2D eigenvalue weighted by Crippen LogP contribution is 2.16. The third-order valence-electron chi connectivity index (χ3n) is 3.77. The molecule has 0 bridgehead atoms. The molecule has 0 saturated carbocycles. The Morgan fingerprint density at radius 2 is 2.00 bits per heavy atom. The van der Waals surface area contributed by atoms with Gasteiger partial charge in [0.2, 0.25) is 0 Å². The Bertz CT molecular complexity index is 271. The van der Waals surface area contributed by atoms with Crippen molar-refractivity contribution in [2.75, 3.05) is 45.9 Å². The van der Waals surface area contributed by atoms with Gasteiger partial charge in [0.15, 0.2) is 5.84 Å². The Balaban J connectivity index is 1.60. The van der Waals surface area contributed by atoms with Crippen LogP contribution < -0.4 is 5.73 Å². The van der Waals surface area contributed by atoms with Crippen LogP contribution in [0.1, 0.15) is 19.3 Å².